The summed E-state index contributed by atoms with van der Waals surface area (Å²) in [7, 11) is 3.66. The average molecular weight is 895 g/mol. The molecule has 0 aliphatic carbocycles. The molecule has 62 heavy (non-hydrogen) atoms. The Morgan fingerprint density at radius 3 is 1.32 bits per heavy atom. The van der Waals surface area contributed by atoms with Crippen LogP contribution in [0.15, 0.2) is 86.2 Å². The van der Waals surface area contributed by atoms with Gasteiger partial charge in [-0.25, -0.2) is 39.9 Å². The van der Waals surface area contributed by atoms with Crippen molar-refractivity contribution in [2.45, 2.75) is 38.3 Å². The lowest BCUT2D eigenvalue weighted by atomic mass is 10.2. The summed E-state index contributed by atoms with van der Waals surface area (Å²) in [6, 6.07) is 6.98. The zero-order valence-electron chi connectivity index (χ0n) is 32.6. The highest BCUT2D eigenvalue weighted by Crippen LogP contribution is 2.32. The topological polar surface area (TPSA) is 195 Å². The van der Waals surface area contributed by atoms with Gasteiger partial charge in [0, 0.05) is 36.2 Å². The van der Waals surface area contributed by atoms with Crippen molar-refractivity contribution in [3.05, 3.63) is 119 Å². The second kappa shape index (κ2) is 17.5. The van der Waals surface area contributed by atoms with Gasteiger partial charge < -0.3 is 30.4 Å². The maximum Gasteiger partial charge on any atom is 0.433 e. The minimum Gasteiger partial charge on any atom is -0.343 e. The Morgan fingerprint density at radius 2 is 0.968 bits per heavy atom. The number of carbonyl (C=O) groups excluding carboxylic acids is 2. The molecule has 0 aromatic carbocycles. The van der Waals surface area contributed by atoms with Gasteiger partial charge in [-0.2, -0.15) is 26.3 Å². The molecule has 8 aromatic rings. The van der Waals surface area contributed by atoms with E-state index in [9.17, 15) is 35.9 Å². The summed E-state index contributed by atoms with van der Waals surface area (Å²) in [6.07, 6.45) is 2.77. The number of aromatic nitrogens is 10. The van der Waals surface area contributed by atoms with Gasteiger partial charge in [-0.3, -0.25) is 9.59 Å². The van der Waals surface area contributed by atoms with Crippen LogP contribution in [0.3, 0.4) is 0 Å². The molecule has 0 bridgehead atoms. The van der Waals surface area contributed by atoms with Crippen LogP contribution < -0.4 is 21.3 Å². The number of aryl methyl sites for hydroxylation is 2. The molecular formula is C38H32F6N14O2S2. The first kappa shape index (κ1) is 43.0. The number of rotatable bonds is 10. The molecule has 2 atom stereocenters. The van der Waals surface area contributed by atoms with Crippen molar-refractivity contribution in [3.63, 3.8) is 0 Å². The monoisotopic (exact) mass is 894 g/mol. The predicted molar refractivity (Wildman–Crippen MR) is 218 cm³/mol. The zero-order valence-corrected chi connectivity index (χ0v) is 34.2. The van der Waals surface area contributed by atoms with E-state index in [1.807, 2.05) is 14.1 Å². The third kappa shape index (κ3) is 10.1. The van der Waals surface area contributed by atoms with Gasteiger partial charge in [-0.1, -0.05) is 22.7 Å². The molecule has 0 fully saturated rings. The number of fused-ring (bicyclic) bond motifs is 2. The third-order valence-electron chi connectivity index (χ3n) is 8.90. The largest absolute Gasteiger partial charge is 0.433 e. The molecule has 8 rings (SSSR count). The Bertz CT molecular complexity index is 2660. The second-order valence-electron chi connectivity index (χ2n) is 13.5. The van der Waals surface area contributed by atoms with Crippen molar-refractivity contribution in [2.24, 2.45) is 14.1 Å². The van der Waals surface area contributed by atoms with Crippen molar-refractivity contribution in [1.29, 1.82) is 0 Å². The van der Waals surface area contributed by atoms with Crippen LogP contribution in [0, 0.1) is 0 Å². The fourth-order valence-electron chi connectivity index (χ4n) is 5.60. The average Bonchev–Trinajstić information content (AvgIpc) is 4.06. The van der Waals surface area contributed by atoms with E-state index < -0.39 is 23.7 Å². The van der Waals surface area contributed by atoms with Crippen molar-refractivity contribution in [1.82, 2.24) is 59.6 Å². The van der Waals surface area contributed by atoms with Gasteiger partial charge >= 0.3 is 12.4 Å². The molecule has 0 saturated carbocycles. The van der Waals surface area contributed by atoms with Crippen molar-refractivity contribution >= 4 is 78.2 Å². The molecule has 0 spiro atoms. The van der Waals surface area contributed by atoms with Gasteiger partial charge in [0.1, 0.15) is 33.8 Å². The first-order valence-corrected chi connectivity index (χ1v) is 19.7. The molecule has 0 aliphatic heterocycles. The number of anilines is 4. The number of imidazole rings is 2. The number of alkyl halides is 6. The van der Waals surface area contributed by atoms with Crippen LogP contribution in [0.1, 0.15) is 68.1 Å². The lowest BCUT2D eigenvalue weighted by Gasteiger charge is -2.11. The standard InChI is InChI=1S/2C19H16F3N7OS/c2*1-10(27-17(30)12-5-14-13(7-23-12)26-9-29(14)2)15-8-25-18(31-15)28-11-3-4-16(24-6-11)19(20,21)22/h2*3-10H,1-2H3,(H,25,28)(H,27,30)/t2*10-/m10/s1. The van der Waals surface area contributed by atoms with Crippen LogP contribution in [0.2, 0.25) is 0 Å². The smallest absolute Gasteiger partial charge is 0.343 e. The molecule has 0 unspecified atom stereocenters. The fraction of sp³-hybridized carbons (Fsp3) is 0.211. The lowest BCUT2D eigenvalue weighted by Crippen LogP contribution is -2.26. The molecule has 16 nitrogen and oxygen atoms in total. The zero-order chi connectivity index (χ0) is 44.3. The van der Waals surface area contributed by atoms with Gasteiger partial charge in [-0.15, -0.1) is 0 Å². The van der Waals surface area contributed by atoms with Crippen LogP contribution in [-0.2, 0) is 26.4 Å². The molecule has 2 amide bonds. The van der Waals surface area contributed by atoms with Gasteiger partial charge in [-0.05, 0) is 50.2 Å². The highest BCUT2D eigenvalue weighted by molar-refractivity contribution is 7.16. The van der Waals surface area contributed by atoms with Gasteiger partial charge in [0.05, 0.1) is 71.9 Å². The lowest BCUT2D eigenvalue weighted by molar-refractivity contribution is -0.141. The van der Waals surface area contributed by atoms with Gasteiger partial charge in [0.2, 0.25) is 0 Å². The number of thiazole rings is 2. The molecule has 0 radical (unpaired) electrons. The van der Waals surface area contributed by atoms with Crippen LogP contribution >= 0.6 is 22.7 Å². The summed E-state index contributed by atoms with van der Waals surface area (Å²) in [6.45, 7) is 3.61. The molecule has 4 N–H and O–H groups in total. The van der Waals surface area contributed by atoms with E-state index in [0.717, 1.165) is 45.3 Å². The van der Waals surface area contributed by atoms with Crippen molar-refractivity contribution in [3.8, 4) is 0 Å². The summed E-state index contributed by atoms with van der Waals surface area (Å²) in [5, 5.41) is 12.5. The minimum atomic E-state index is -4.49. The van der Waals surface area contributed by atoms with E-state index in [1.165, 1.54) is 34.8 Å². The summed E-state index contributed by atoms with van der Waals surface area (Å²) in [5.41, 5.74) is 2.33. The molecule has 24 heteroatoms. The number of hydrogen-bond donors (Lipinski definition) is 4. The van der Waals surface area contributed by atoms with E-state index >= 15 is 0 Å². The Balaban J connectivity index is 0.000000186. The number of carbonyl (C=O) groups is 2. The maximum absolute atomic E-state index is 12.6. The van der Waals surface area contributed by atoms with Gasteiger partial charge in [0.25, 0.3) is 11.8 Å². The summed E-state index contributed by atoms with van der Waals surface area (Å²) in [4.78, 5) is 58.6. The molecule has 8 heterocycles. The molecular weight excluding hydrogens is 863 g/mol. The number of hydrogen-bond acceptors (Lipinski definition) is 14. The number of halogens is 6. The fourth-order valence-corrected chi connectivity index (χ4v) is 7.28. The Labute approximate surface area is 354 Å². The second-order valence-corrected chi connectivity index (χ2v) is 15.6. The number of nitrogens with zero attached hydrogens (tertiary/aromatic N) is 10. The van der Waals surface area contributed by atoms with Crippen LogP contribution in [0.25, 0.3) is 22.1 Å². The number of amides is 2. The molecule has 0 saturated heterocycles. The SMILES string of the molecule is C[C@@H](NC(=O)c1cc2c(cn1)ncn2C)c1cnc(Nc2ccc(C(F)(F)F)nc2)s1.C[C@H](NC(=O)c1cc2c(cn1)ncn2C)c1cnc(Nc2ccc(C(F)(F)F)nc2)s1. The van der Waals surface area contributed by atoms with E-state index in [4.69, 9.17) is 0 Å². The van der Waals surface area contributed by atoms with Crippen LogP contribution in [0.4, 0.5) is 48.0 Å². The van der Waals surface area contributed by atoms with E-state index in [1.54, 1.807) is 72.6 Å². The Morgan fingerprint density at radius 1 is 0.565 bits per heavy atom. The van der Waals surface area contributed by atoms with Crippen molar-refractivity contribution < 1.29 is 35.9 Å². The summed E-state index contributed by atoms with van der Waals surface area (Å²) in [5.74, 6) is -0.684. The Kier molecular flexibility index (Phi) is 12.1. The highest BCUT2D eigenvalue weighted by Gasteiger charge is 2.33. The third-order valence-corrected chi connectivity index (χ3v) is 11.1. The van der Waals surface area contributed by atoms with E-state index in [0.29, 0.717) is 32.7 Å². The predicted octanol–water partition coefficient (Wildman–Crippen LogP) is 8.15. The normalized spacial score (nSPS) is 12.7. The first-order chi connectivity index (χ1) is 29.4. The summed E-state index contributed by atoms with van der Waals surface area (Å²) >= 11 is 2.54. The molecule has 320 valence electrons. The summed E-state index contributed by atoms with van der Waals surface area (Å²) < 4.78 is 79.3. The van der Waals surface area contributed by atoms with E-state index in [-0.39, 0.29) is 35.3 Å². The highest BCUT2D eigenvalue weighted by atomic mass is 32.1. The quantitative estimate of drug-likeness (QED) is 0.0964. The van der Waals surface area contributed by atoms with Crippen LogP contribution in [-0.4, -0.2) is 60.8 Å². The number of nitrogens with one attached hydrogen (secondary N) is 4. The minimum absolute atomic E-state index is 0.265. The van der Waals surface area contributed by atoms with E-state index in [2.05, 4.69) is 61.1 Å². The van der Waals surface area contributed by atoms with Crippen molar-refractivity contribution in [2.75, 3.05) is 10.6 Å². The number of pyridine rings is 4. The molecule has 8 aromatic heterocycles. The molecule has 0 aliphatic rings. The maximum atomic E-state index is 12.6. The Hall–Kier alpha value is -7.08. The van der Waals surface area contributed by atoms with Gasteiger partial charge in [0.15, 0.2) is 10.3 Å². The first-order valence-electron chi connectivity index (χ1n) is 18.1. The van der Waals surface area contributed by atoms with Crippen LogP contribution in [0.5, 0.6) is 0 Å².